The standard InChI is InChI=1S/C21H22ClN5O2S/c1-12-17(29-2)15(13-8-10-23-11-9-13)16(18(22)24-12)19(28)25-21-27-26-20(30-21)14-6-4-3-5-7-14/h8-11,14H,3-7H2,1-2H3,(H,25,27,28). The van der Waals surface area contributed by atoms with Gasteiger partial charge in [0, 0.05) is 23.9 Å². The van der Waals surface area contributed by atoms with Crippen LogP contribution in [0.15, 0.2) is 24.5 Å². The number of hydrogen-bond acceptors (Lipinski definition) is 7. The van der Waals surface area contributed by atoms with Crippen molar-refractivity contribution in [1.82, 2.24) is 20.2 Å². The molecule has 7 nitrogen and oxygen atoms in total. The van der Waals surface area contributed by atoms with E-state index in [0.29, 0.717) is 28.1 Å². The van der Waals surface area contributed by atoms with Crippen molar-refractivity contribution in [3.8, 4) is 16.9 Å². The van der Waals surface area contributed by atoms with Crippen molar-refractivity contribution in [2.24, 2.45) is 0 Å². The summed E-state index contributed by atoms with van der Waals surface area (Å²) in [5.41, 5.74) is 2.17. The number of methoxy groups -OCH3 is 1. The average molecular weight is 444 g/mol. The molecule has 3 aromatic heterocycles. The molecule has 1 amide bonds. The highest BCUT2D eigenvalue weighted by Crippen LogP contribution is 2.39. The van der Waals surface area contributed by atoms with Crippen LogP contribution in [0.25, 0.3) is 11.1 Å². The van der Waals surface area contributed by atoms with Crippen molar-refractivity contribution < 1.29 is 9.53 Å². The Kier molecular flexibility index (Phi) is 6.24. The van der Waals surface area contributed by atoms with Crippen LogP contribution < -0.4 is 10.1 Å². The van der Waals surface area contributed by atoms with Gasteiger partial charge in [-0.25, -0.2) is 4.98 Å². The number of anilines is 1. The summed E-state index contributed by atoms with van der Waals surface area (Å²) in [6, 6.07) is 3.60. The Balaban J connectivity index is 1.68. The lowest BCUT2D eigenvalue weighted by atomic mass is 9.90. The molecule has 0 bridgehead atoms. The van der Waals surface area contributed by atoms with Gasteiger partial charge in [-0.15, -0.1) is 10.2 Å². The number of nitrogens with zero attached hydrogens (tertiary/aromatic N) is 4. The average Bonchev–Trinajstić information content (AvgIpc) is 3.23. The Labute approximate surface area is 183 Å². The molecule has 1 aliphatic rings. The highest BCUT2D eigenvalue weighted by molar-refractivity contribution is 7.15. The van der Waals surface area contributed by atoms with Crippen molar-refractivity contribution in [1.29, 1.82) is 0 Å². The second kappa shape index (κ2) is 9.06. The predicted octanol–water partition coefficient (Wildman–Crippen LogP) is 5.27. The largest absolute Gasteiger partial charge is 0.494 e. The second-order valence-corrected chi connectivity index (χ2v) is 8.61. The Hall–Kier alpha value is -2.58. The summed E-state index contributed by atoms with van der Waals surface area (Å²) in [5.74, 6) is 0.527. The molecule has 0 spiro atoms. The maximum absolute atomic E-state index is 13.2. The van der Waals surface area contributed by atoms with E-state index in [4.69, 9.17) is 16.3 Å². The zero-order chi connectivity index (χ0) is 21.1. The normalized spacial score (nSPS) is 14.5. The van der Waals surface area contributed by atoms with Crippen LogP contribution in [0.1, 0.15) is 59.1 Å². The van der Waals surface area contributed by atoms with E-state index < -0.39 is 5.91 Å². The van der Waals surface area contributed by atoms with E-state index in [1.165, 1.54) is 30.6 Å². The van der Waals surface area contributed by atoms with Gasteiger partial charge in [0.1, 0.15) is 15.9 Å². The van der Waals surface area contributed by atoms with E-state index in [9.17, 15) is 4.79 Å². The van der Waals surface area contributed by atoms with Gasteiger partial charge in [-0.2, -0.15) is 0 Å². The lowest BCUT2D eigenvalue weighted by Crippen LogP contribution is -2.16. The molecule has 1 fully saturated rings. The molecule has 9 heteroatoms. The van der Waals surface area contributed by atoms with Crippen molar-refractivity contribution in [3.63, 3.8) is 0 Å². The monoisotopic (exact) mass is 443 g/mol. The summed E-state index contributed by atoms with van der Waals surface area (Å²) in [6.45, 7) is 1.79. The summed E-state index contributed by atoms with van der Waals surface area (Å²) in [4.78, 5) is 21.6. The molecular weight excluding hydrogens is 422 g/mol. The van der Waals surface area contributed by atoms with Crippen LogP contribution in [0.3, 0.4) is 0 Å². The molecule has 156 valence electrons. The molecule has 0 radical (unpaired) electrons. The zero-order valence-electron chi connectivity index (χ0n) is 16.8. The summed E-state index contributed by atoms with van der Waals surface area (Å²) in [6.07, 6.45) is 9.26. The van der Waals surface area contributed by atoms with Crippen LogP contribution in [0.4, 0.5) is 5.13 Å². The molecule has 3 heterocycles. The van der Waals surface area contributed by atoms with Gasteiger partial charge in [-0.1, -0.05) is 42.2 Å². The number of halogens is 1. The van der Waals surface area contributed by atoms with Gasteiger partial charge < -0.3 is 4.74 Å². The molecule has 3 aromatic rings. The zero-order valence-corrected chi connectivity index (χ0v) is 18.4. The lowest BCUT2D eigenvalue weighted by molar-refractivity contribution is 0.102. The van der Waals surface area contributed by atoms with E-state index in [0.717, 1.165) is 23.4 Å². The molecule has 1 N–H and O–H groups in total. The van der Waals surface area contributed by atoms with Crippen molar-refractivity contribution in [3.05, 3.63) is 45.9 Å². The number of nitrogens with one attached hydrogen (secondary N) is 1. The van der Waals surface area contributed by atoms with Crippen LogP contribution in [0.5, 0.6) is 5.75 Å². The molecule has 0 atom stereocenters. The molecule has 0 saturated heterocycles. The van der Waals surface area contributed by atoms with Gasteiger partial charge in [0.2, 0.25) is 5.13 Å². The van der Waals surface area contributed by atoms with E-state index in [1.807, 2.05) is 0 Å². The van der Waals surface area contributed by atoms with Crippen molar-refractivity contribution >= 4 is 34.0 Å². The number of carbonyl (C=O) groups is 1. The van der Waals surface area contributed by atoms with E-state index >= 15 is 0 Å². The Morgan fingerprint density at radius 1 is 1.20 bits per heavy atom. The van der Waals surface area contributed by atoms with Gasteiger partial charge >= 0.3 is 0 Å². The van der Waals surface area contributed by atoms with E-state index in [1.54, 1.807) is 38.6 Å². The molecule has 0 unspecified atom stereocenters. The summed E-state index contributed by atoms with van der Waals surface area (Å²) < 4.78 is 5.56. The van der Waals surface area contributed by atoms with Crippen LogP contribution in [0, 0.1) is 6.92 Å². The lowest BCUT2D eigenvalue weighted by Gasteiger charge is -2.18. The number of carbonyl (C=O) groups excluding carboxylic acids is 1. The number of hydrogen-bond donors (Lipinski definition) is 1. The first-order chi connectivity index (χ1) is 14.6. The third-order valence-electron chi connectivity index (χ3n) is 5.29. The Bertz CT molecular complexity index is 1050. The number of aromatic nitrogens is 4. The summed E-state index contributed by atoms with van der Waals surface area (Å²) >= 11 is 7.85. The highest BCUT2D eigenvalue weighted by atomic mass is 35.5. The van der Waals surface area contributed by atoms with Crippen molar-refractivity contribution in [2.75, 3.05) is 12.4 Å². The smallest absolute Gasteiger partial charge is 0.261 e. The third-order valence-corrected chi connectivity index (χ3v) is 6.57. The number of ether oxygens (including phenoxy) is 1. The van der Waals surface area contributed by atoms with Gasteiger partial charge in [0.25, 0.3) is 5.91 Å². The van der Waals surface area contributed by atoms with Gasteiger partial charge in [-0.3, -0.25) is 15.1 Å². The molecule has 4 rings (SSSR count). The maximum Gasteiger partial charge on any atom is 0.261 e. The van der Waals surface area contributed by atoms with E-state index in [2.05, 4.69) is 25.5 Å². The maximum atomic E-state index is 13.2. The minimum Gasteiger partial charge on any atom is -0.494 e. The summed E-state index contributed by atoms with van der Waals surface area (Å²) in [7, 11) is 1.55. The van der Waals surface area contributed by atoms with Crippen LogP contribution in [-0.4, -0.2) is 33.2 Å². The first-order valence-electron chi connectivity index (χ1n) is 9.87. The van der Waals surface area contributed by atoms with Gasteiger partial charge in [-0.05, 0) is 37.5 Å². The number of pyridine rings is 2. The fourth-order valence-electron chi connectivity index (χ4n) is 3.86. The molecule has 0 aromatic carbocycles. The SMILES string of the molecule is COc1c(C)nc(Cl)c(C(=O)Nc2nnc(C3CCCCC3)s2)c1-c1ccncc1. The minimum absolute atomic E-state index is 0.106. The molecule has 30 heavy (non-hydrogen) atoms. The first-order valence-corrected chi connectivity index (χ1v) is 11.1. The van der Waals surface area contributed by atoms with Crippen molar-refractivity contribution in [2.45, 2.75) is 44.9 Å². The van der Waals surface area contributed by atoms with Crippen LogP contribution in [0.2, 0.25) is 5.15 Å². The Morgan fingerprint density at radius 2 is 1.93 bits per heavy atom. The second-order valence-electron chi connectivity index (χ2n) is 7.24. The van der Waals surface area contributed by atoms with Crippen LogP contribution >= 0.6 is 22.9 Å². The summed E-state index contributed by atoms with van der Waals surface area (Å²) in [5, 5.41) is 12.9. The molecular formula is C21H22ClN5O2S. The van der Waals surface area contributed by atoms with Gasteiger partial charge in [0.15, 0.2) is 0 Å². The minimum atomic E-state index is -0.399. The predicted molar refractivity (Wildman–Crippen MR) is 117 cm³/mol. The molecule has 1 saturated carbocycles. The van der Waals surface area contributed by atoms with Crippen LogP contribution in [-0.2, 0) is 0 Å². The highest BCUT2D eigenvalue weighted by Gasteiger charge is 2.26. The quantitative estimate of drug-likeness (QED) is 0.540. The van der Waals surface area contributed by atoms with E-state index in [-0.39, 0.29) is 10.7 Å². The fraction of sp³-hybridized carbons (Fsp3) is 0.381. The number of amides is 1. The third kappa shape index (κ3) is 4.15. The van der Waals surface area contributed by atoms with Gasteiger partial charge in [0.05, 0.1) is 18.4 Å². The first kappa shape index (κ1) is 20.7. The Morgan fingerprint density at radius 3 is 2.63 bits per heavy atom. The molecule has 0 aliphatic heterocycles. The number of aryl methyl sites for hydroxylation is 1. The molecule has 1 aliphatic carbocycles. The topological polar surface area (TPSA) is 89.9 Å². The fourth-order valence-corrected chi connectivity index (χ4v) is 5.08. The number of rotatable bonds is 5.